The number of anilines is 6. The fraction of sp³-hybridized carbons (Fsp3) is 0. The minimum atomic E-state index is 0.828. The molecule has 0 fully saturated rings. The van der Waals surface area contributed by atoms with Crippen molar-refractivity contribution in [2.45, 2.75) is 0 Å². The Morgan fingerprint density at radius 1 is 0.225 bits per heavy atom. The molecule has 0 saturated heterocycles. The van der Waals surface area contributed by atoms with Gasteiger partial charge in [0.05, 0.1) is 22.7 Å². The second kappa shape index (κ2) is 18.5. The number of hydrogen-bond donors (Lipinski definition) is 0. The second-order valence-electron chi connectivity index (χ2n) is 20.7. The largest absolute Gasteiger partial charge is 0.455 e. The Balaban J connectivity index is 0.860. The molecule has 2 aromatic heterocycles. The molecule has 2 heterocycles. The van der Waals surface area contributed by atoms with Crippen LogP contribution < -0.4 is 9.80 Å². The van der Waals surface area contributed by atoms with Crippen LogP contribution in [0.2, 0.25) is 0 Å². The molecule has 0 amide bonds. The van der Waals surface area contributed by atoms with Crippen LogP contribution in [-0.2, 0) is 0 Å². The highest BCUT2D eigenvalue weighted by Gasteiger charge is 2.26. The van der Waals surface area contributed by atoms with Gasteiger partial charge in [0.1, 0.15) is 22.3 Å². The standard InChI is InChI=1S/C76H48N2O2/c1-5-21-49(22-6-1)57-29-13-17-33-67(57)77(68-34-18-14-30-58(68)50-23-7-2-8-24-50)55-39-43-61-65-45-53-38-42-64-74-54(37-41-63(73(53)74)75(65)79-71(61)47-55)46-66-62-44-40-56(48-72(62)80-76(64)66)78(69-35-19-15-31-59(69)51-25-9-3-10-26-51)70-36-20-16-32-60(70)52-27-11-4-12-28-52/h1-48H. The van der Waals surface area contributed by atoms with Gasteiger partial charge < -0.3 is 18.6 Å². The van der Waals surface area contributed by atoms with Crippen molar-refractivity contribution >= 4 is 110 Å². The highest BCUT2D eigenvalue weighted by Crippen LogP contribution is 2.50. The number of nitrogens with zero attached hydrogens (tertiary/aromatic N) is 2. The first kappa shape index (κ1) is 45.5. The van der Waals surface area contributed by atoms with Crippen LogP contribution in [0.5, 0.6) is 0 Å². The highest BCUT2D eigenvalue weighted by atomic mass is 16.3. The molecule has 16 aromatic rings. The normalized spacial score (nSPS) is 11.8. The van der Waals surface area contributed by atoms with Crippen LogP contribution in [0.25, 0.3) is 121 Å². The van der Waals surface area contributed by atoms with E-state index in [1.54, 1.807) is 0 Å². The Labute approximate surface area is 462 Å². The Hall–Kier alpha value is -10.7. The van der Waals surface area contributed by atoms with Gasteiger partial charge in [0.15, 0.2) is 0 Å². The third-order valence-corrected chi connectivity index (χ3v) is 16.2. The summed E-state index contributed by atoms with van der Waals surface area (Å²) < 4.78 is 14.3. The molecule has 374 valence electrons. The molecule has 0 bridgehead atoms. The Morgan fingerprint density at radius 2 is 0.512 bits per heavy atom. The van der Waals surface area contributed by atoms with Gasteiger partial charge in [0.25, 0.3) is 0 Å². The van der Waals surface area contributed by atoms with E-state index < -0.39 is 0 Å². The average Bonchev–Trinajstić information content (AvgIpc) is 4.24. The first-order valence-corrected chi connectivity index (χ1v) is 27.3. The molecule has 0 saturated carbocycles. The smallest absolute Gasteiger partial charge is 0.143 e. The minimum absolute atomic E-state index is 0.828. The molecule has 16 rings (SSSR count). The lowest BCUT2D eigenvalue weighted by Crippen LogP contribution is -2.12. The Morgan fingerprint density at radius 3 is 0.838 bits per heavy atom. The molecule has 0 aliphatic rings. The van der Waals surface area contributed by atoms with Crippen LogP contribution in [0.15, 0.2) is 300 Å². The number of hydrogen-bond acceptors (Lipinski definition) is 4. The number of benzene rings is 14. The predicted octanol–water partition coefficient (Wildman–Crippen LogP) is 22.0. The van der Waals surface area contributed by atoms with Crippen LogP contribution >= 0.6 is 0 Å². The SMILES string of the molecule is c1ccc(-c2ccccc2N(c2ccc3c(c2)oc2c3cc3ccc4c5oc6cc(N(c7ccccc7-c7ccccc7)c7ccccc7-c7ccccc7)ccc6c5cc5ccc2c3c54)c2ccccc2-c2ccccc2)cc1. The zero-order valence-corrected chi connectivity index (χ0v) is 43.4. The van der Waals surface area contributed by atoms with Crippen molar-refractivity contribution in [3.8, 4) is 44.5 Å². The van der Waals surface area contributed by atoms with E-state index in [1.807, 2.05) is 0 Å². The summed E-state index contributed by atoms with van der Waals surface area (Å²) in [6.45, 7) is 0. The van der Waals surface area contributed by atoms with Crippen molar-refractivity contribution in [3.63, 3.8) is 0 Å². The first-order valence-electron chi connectivity index (χ1n) is 27.3. The maximum atomic E-state index is 7.16. The van der Waals surface area contributed by atoms with Crippen molar-refractivity contribution < 1.29 is 8.83 Å². The lowest BCUT2D eigenvalue weighted by atomic mass is 9.91. The molecule has 0 atom stereocenters. The molecule has 4 nitrogen and oxygen atoms in total. The van der Waals surface area contributed by atoms with Gasteiger partial charge in [-0.3, -0.25) is 0 Å². The van der Waals surface area contributed by atoms with Gasteiger partial charge >= 0.3 is 0 Å². The Kier molecular flexibility index (Phi) is 10.5. The summed E-state index contributed by atoms with van der Waals surface area (Å²) in [4.78, 5) is 4.79. The van der Waals surface area contributed by atoms with Gasteiger partial charge in [0.2, 0.25) is 0 Å². The number of fused-ring (bicyclic) bond motifs is 8. The summed E-state index contributed by atoms with van der Waals surface area (Å²) in [6, 6.07) is 105. The summed E-state index contributed by atoms with van der Waals surface area (Å²) in [6.07, 6.45) is 0. The van der Waals surface area contributed by atoms with E-state index in [0.29, 0.717) is 0 Å². The number of para-hydroxylation sites is 4. The molecule has 0 unspecified atom stereocenters. The van der Waals surface area contributed by atoms with Gasteiger partial charge in [-0.15, -0.1) is 0 Å². The minimum Gasteiger partial charge on any atom is -0.455 e. The van der Waals surface area contributed by atoms with E-state index in [4.69, 9.17) is 8.83 Å². The van der Waals surface area contributed by atoms with Crippen LogP contribution in [0, 0.1) is 0 Å². The molecule has 4 heteroatoms. The van der Waals surface area contributed by atoms with Crippen molar-refractivity contribution in [1.82, 2.24) is 0 Å². The quantitative estimate of drug-likeness (QED) is 0.128. The molecule has 80 heavy (non-hydrogen) atoms. The molecule has 0 N–H and O–H groups in total. The second-order valence-corrected chi connectivity index (χ2v) is 20.7. The van der Waals surface area contributed by atoms with Crippen LogP contribution in [0.1, 0.15) is 0 Å². The predicted molar refractivity (Wildman–Crippen MR) is 336 cm³/mol. The first-order chi connectivity index (χ1) is 39.7. The molecular formula is C76H48N2O2. The van der Waals surface area contributed by atoms with E-state index in [-0.39, 0.29) is 0 Å². The van der Waals surface area contributed by atoms with Gasteiger partial charge in [0, 0.05) is 88.9 Å². The molecule has 0 aliphatic carbocycles. The maximum absolute atomic E-state index is 7.16. The van der Waals surface area contributed by atoms with E-state index in [9.17, 15) is 0 Å². The fourth-order valence-corrected chi connectivity index (χ4v) is 12.6. The van der Waals surface area contributed by atoms with Gasteiger partial charge in [-0.25, -0.2) is 0 Å². The van der Waals surface area contributed by atoms with E-state index in [2.05, 4.69) is 301 Å². The molecular weight excluding hydrogens is 973 g/mol. The number of rotatable bonds is 10. The topological polar surface area (TPSA) is 32.8 Å². The Bertz CT molecular complexity index is 4520. The molecule has 0 aliphatic heterocycles. The number of furan rings is 2. The zero-order valence-electron chi connectivity index (χ0n) is 43.4. The van der Waals surface area contributed by atoms with E-state index >= 15 is 0 Å². The fourth-order valence-electron chi connectivity index (χ4n) is 12.6. The highest BCUT2D eigenvalue weighted by molar-refractivity contribution is 6.34. The monoisotopic (exact) mass is 1020 g/mol. The summed E-state index contributed by atoms with van der Waals surface area (Å²) >= 11 is 0. The lowest BCUT2D eigenvalue weighted by molar-refractivity contribution is 0.672. The van der Waals surface area contributed by atoms with Crippen LogP contribution in [-0.4, -0.2) is 0 Å². The van der Waals surface area contributed by atoms with E-state index in [1.165, 1.54) is 10.8 Å². The summed E-state index contributed by atoms with van der Waals surface area (Å²) in [7, 11) is 0. The molecule has 0 spiro atoms. The lowest BCUT2D eigenvalue weighted by Gasteiger charge is -2.29. The summed E-state index contributed by atoms with van der Waals surface area (Å²) in [5.74, 6) is 0. The van der Waals surface area contributed by atoms with Crippen molar-refractivity contribution in [3.05, 3.63) is 291 Å². The maximum Gasteiger partial charge on any atom is 0.143 e. The van der Waals surface area contributed by atoms with Gasteiger partial charge in [-0.05, 0) is 106 Å². The van der Waals surface area contributed by atoms with E-state index in [0.717, 1.165) is 144 Å². The van der Waals surface area contributed by atoms with Crippen molar-refractivity contribution in [2.75, 3.05) is 9.80 Å². The third-order valence-electron chi connectivity index (χ3n) is 16.2. The van der Waals surface area contributed by atoms with Gasteiger partial charge in [-0.2, -0.15) is 0 Å². The van der Waals surface area contributed by atoms with Gasteiger partial charge in [-0.1, -0.05) is 206 Å². The summed E-state index contributed by atoms with van der Waals surface area (Å²) in [5, 5.41) is 11.2. The van der Waals surface area contributed by atoms with Crippen molar-refractivity contribution in [2.24, 2.45) is 0 Å². The molecule has 0 radical (unpaired) electrons. The van der Waals surface area contributed by atoms with Crippen LogP contribution in [0.4, 0.5) is 34.1 Å². The zero-order chi connectivity index (χ0) is 52.7. The molecule has 14 aromatic carbocycles. The summed E-state index contributed by atoms with van der Waals surface area (Å²) in [5.41, 5.74) is 18.9. The van der Waals surface area contributed by atoms with Crippen LogP contribution in [0.3, 0.4) is 0 Å². The van der Waals surface area contributed by atoms with Crippen molar-refractivity contribution in [1.29, 1.82) is 0 Å². The third kappa shape index (κ3) is 7.31. The average molecular weight is 1020 g/mol.